The third-order valence-corrected chi connectivity index (χ3v) is 7.22. The van der Waals surface area contributed by atoms with Gasteiger partial charge >= 0.3 is 0 Å². The van der Waals surface area contributed by atoms with Crippen molar-refractivity contribution < 1.29 is 18.4 Å². The number of hydrogen-bond acceptors (Lipinski definition) is 3. The highest BCUT2D eigenvalue weighted by atomic mass is 19.2. The molecule has 3 aromatic rings. The first-order chi connectivity index (χ1) is 17.7. The van der Waals surface area contributed by atoms with Crippen molar-refractivity contribution in [1.82, 2.24) is 14.4 Å². The predicted octanol–water partition coefficient (Wildman–Crippen LogP) is 5.35. The van der Waals surface area contributed by atoms with Crippen LogP contribution >= 0.6 is 0 Å². The van der Waals surface area contributed by atoms with Crippen molar-refractivity contribution in [3.8, 4) is 0 Å². The molecule has 1 aliphatic rings. The third-order valence-electron chi connectivity index (χ3n) is 7.22. The molecule has 0 saturated carbocycles. The van der Waals surface area contributed by atoms with E-state index in [0.717, 1.165) is 42.5 Å². The predicted molar refractivity (Wildman–Crippen MR) is 143 cm³/mol. The minimum Gasteiger partial charge on any atom is -0.350 e. The number of nitrogens with zero attached hydrogens (tertiary/aromatic N) is 4. The van der Waals surface area contributed by atoms with Gasteiger partial charge in [-0.3, -0.25) is 9.59 Å². The van der Waals surface area contributed by atoms with Gasteiger partial charge in [-0.05, 0) is 44.4 Å². The molecule has 2 heterocycles. The van der Waals surface area contributed by atoms with Crippen molar-refractivity contribution >= 4 is 28.4 Å². The van der Waals surface area contributed by atoms with Gasteiger partial charge in [0.15, 0.2) is 11.6 Å². The monoisotopic (exact) mass is 510 g/mol. The Balaban J connectivity index is 1.79. The molecule has 6 nitrogen and oxygen atoms in total. The third kappa shape index (κ3) is 5.69. The molecule has 198 valence electrons. The maximum Gasteiger partial charge on any atom is 0.256 e. The molecule has 4 rings (SSSR count). The summed E-state index contributed by atoms with van der Waals surface area (Å²) >= 11 is 0. The van der Waals surface area contributed by atoms with Crippen LogP contribution in [0.25, 0.3) is 10.9 Å². The van der Waals surface area contributed by atoms with E-state index in [2.05, 4.69) is 18.7 Å². The molecule has 0 atom stereocenters. The van der Waals surface area contributed by atoms with Gasteiger partial charge in [-0.25, -0.2) is 8.78 Å². The molecule has 0 saturated heterocycles. The van der Waals surface area contributed by atoms with Crippen LogP contribution in [0.15, 0.2) is 42.6 Å². The van der Waals surface area contributed by atoms with Gasteiger partial charge in [-0.1, -0.05) is 25.1 Å². The quantitative estimate of drug-likeness (QED) is 0.478. The van der Waals surface area contributed by atoms with Crippen LogP contribution in [-0.4, -0.2) is 58.4 Å². The first-order valence-corrected chi connectivity index (χ1v) is 13.1. The summed E-state index contributed by atoms with van der Waals surface area (Å²) in [6.07, 6.45) is 3.51. The van der Waals surface area contributed by atoms with Crippen molar-refractivity contribution in [1.29, 1.82) is 0 Å². The summed E-state index contributed by atoms with van der Waals surface area (Å²) in [6, 6.07) is 10.3. The van der Waals surface area contributed by atoms with Gasteiger partial charge < -0.3 is 19.3 Å². The highest BCUT2D eigenvalue weighted by Crippen LogP contribution is 2.29. The number of para-hydroxylation sites is 1. The Bertz CT molecular complexity index is 1290. The number of carbonyl (C=O) groups is 2. The molecule has 0 N–H and O–H groups in total. The van der Waals surface area contributed by atoms with Gasteiger partial charge in [-0.15, -0.1) is 0 Å². The standard InChI is InChI=1S/C29H36F2N4O2/c1-5-28(36)35-15-9-13-33(20(2)3)12-8-14-34(18-21-16-24(30)25(31)17-27(21)35)29(37)23-19-32(4)26-11-7-6-10-22(23)26/h6-7,10-11,16-17,19-20H,5,8-9,12-15,18H2,1-4H3. The topological polar surface area (TPSA) is 48.8 Å². The number of amides is 2. The number of rotatable bonds is 3. The molecule has 2 amide bonds. The second-order valence-corrected chi connectivity index (χ2v) is 10.0. The van der Waals surface area contributed by atoms with Crippen molar-refractivity contribution in [3.63, 3.8) is 0 Å². The molecule has 1 aromatic heterocycles. The van der Waals surface area contributed by atoms with E-state index in [1.165, 1.54) is 0 Å². The molecule has 1 aliphatic heterocycles. The smallest absolute Gasteiger partial charge is 0.256 e. The maximum atomic E-state index is 14.5. The Labute approximate surface area is 217 Å². The number of hydrogen-bond donors (Lipinski definition) is 0. The van der Waals surface area contributed by atoms with Crippen LogP contribution in [0.1, 0.15) is 56.0 Å². The van der Waals surface area contributed by atoms with Crippen LogP contribution in [0.2, 0.25) is 0 Å². The average molecular weight is 511 g/mol. The second kappa shape index (κ2) is 11.4. The highest BCUT2D eigenvalue weighted by Gasteiger charge is 2.26. The summed E-state index contributed by atoms with van der Waals surface area (Å²) in [4.78, 5) is 32.5. The lowest BCUT2D eigenvalue weighted by molar-refractivity contribution is -0.118. The lowest BCUT2D eigenvalue weighted by Crippen LogP contribution is -2.40. The van der Waals surface area contributed by atoms with E-state index < -0.39 is 11.6 Å². The zero-order valence-electron chi connectivity index (χ0n) is 22.1. The van der Waals surface area contributed by atoms with Crippen molar-refractivity contribution in [2.75, 3.05) is 31.1 Å². The fraction of sp³-hybridized carbons (Fsp3) is 0.448. The van der Waals surface area contributed by atoms with E-state index in [1.54, 1.807) is 16.7 Å². The molecule has 37 heavy (non-hydrogen) atoms. The Hall–Kier alpha value is -3.26. The first-order valence-electron chi connectivity index (χ1n) is 13.1. The number of aromatic nitrogens is 1. The van der Waals surface area contributed by atoms with Crippen LogP contribution in [0, 0.1) is 11.6 Å². The van der Waals surface area contributed by atoms with Crippen LogP contribution in [0.4, 0.5) is 14.5 Å². The molecule has 0 radical (unpaired) electrons. The van der Waals surface area contributed by atoms with Crippen LogP contribution in [0.3, 0.4) is 0 Å². The van der Waals surface area contributed by atoms with Crippen molar-refractivity contribution in [2.24, 2.45) is 7.05 Å². The normalized spacial score (nSPS) is 16.0. The molecule has 8 heteroatoms. The Morgan fingerprint density at radius 2 is 1.65 bits per heavy atom. The number of halogens is 2. The Morgan fingerprint density at radius 3 is 2.35 bits per heavy atom. The molecule has 0 unspecified atom stereocenters. The summed E-state index contributed by atoms with van der Waals surface area (Å²) in [5, 5.41) is 0.846. The van der Waals surface area contributed by atoms with Crippen LogP contribution in [-0.2, 0) is 18.4 Å². The van der Waals surface area contributed by atoms with Gasteiger partial charge in [0.05, 0.1) is 11.3 Å². The Morgan fingerprint density at radius 1 is 0.973 bits per heavy atom. The van der Waals surface area contributed by atoms with Gasteiger partial charge in [0.2, 0.25) is 5.91 Å². The van der Waals surface area contributed by atoms with Gasteiger partial charge in [-0.2, -0.15) is 0 Å². The van der Waals surface area contributed by atoms with Crippen LogP contribution in [0.5, 0.6) is 0 Å². The first kappa shape index (κ1) is 26.8. The number of anilines is 1. The van der Waals surface area contributed by atoms with E-state index in [4.69, 9.17) is 0 Å². The molecule has 0 bridgehead atoms. The average Bonchev–Trinajstić information content (AvgIpc) is 3.21. The largest absolute Gasteiger partial charge is 0.350 e. The van der Waals surface area contributed by atoms with Crippen molar-refractivity contribution in [3.05, 3.63) is 65.4 Å². The molecule has 2 aromatic carbocycles. The lowest BCUT2D eigenvalue weighted by atomic mass is 10.1. The molecular weight excluding hydrogens is 474 g/mol. The SMILES string of the molecule is CCC(=O)N1CCCN(C(C)C)CCCN(C(=O)c2cn(C)c3ccccc23)Cc2cc(F)c(F)cc21. The van der Waals surface area contributed by atoms with Gasteiger partial charge in [0.1, 0.15) is 0 Å². The fourth-order valence-electron chi connectivity index (χ4n) is 5.19. The van der Waals surface area contributed by atoms with E-state index in [0.29, 0.717) is 42.4 Å². The maximum absolute atomic E-state index is 14.5. The summed E-state index contributed by atoms with van der Waals surface area (Å²) in [5.74, 6) is -2.32. The van der Waals surface area contributed by atoms with E-state index >= 15 is 0 Å². The van der Waals surface area contributed by atoms with E-state index in [9.17, 15) is 18.4 Å². The van der Waals surface area contributed by atoms with E-state index in [-0.39, 0.29) is 24.8 Å². The fourth-order valence-corrected chi connectivity index (χ4v) is 5.19. The zero-order valence-corrected chi connectivity index (χ0v) is 22.1. The summed E-state index contributed by atoms with van der Waals surface area (Å²) in [5.41, 5.74) is 2.27. The number of carbonyl (C=O) groups excluding carboxylic acids is 2. The van der Waals surface area contributed by atoms with Crippen LogP contribution < -0.4 is 4.90 Å². The number of benzene rings is 2. The number of fused-ring (bicyclic) bond motifs is 2. The molecule has 0 aliphatic carbocycles. The molecule has 0 spiro atoms. The summed E-state index contributed by atoms with van der Waals surface area (Å²) in [6.45, 7) is 8.50. The van der Waals surface area contributed by atoms with Gasteiger partial charge in [0.25, 0.3) is 5.91 Å². The molecular formula is C29H36F2N4O2. The Kier molecular flexibility index (Phi) is 8.27. The highest BCUT2D eigenvalue weighted by molar-refractivity contribution is 6.07. The van der Waals surface area contributed by atoms with Crippen molar-refractivity contribution in [2.45, 2.75) is 52.6 Å². The zero-order chi connectivity index (χ0) is 26.7. The number of aryl methyl sites for hydroxylation is 1. The summed E-state index contributed by atoms with van der Waals surface area (Å²) in [7, 11) is 1.90. The molecule has 0 fully saturated rings. The van der Waals surface area contributed by atoms with Gasteiger partial charge in [0, 0.05) is 75.4 Å². The second-order valence-electron chi connectivity index (χ2n) is 10.0. The minimum absolute atomic E-state index is 0.0732. The van der Waals surface area contributed by atoms with E-state index in [1.807, 2.05) is 42.1 Å². The summed E-state index contributed by atoms with van der Waals surface area (Å²) < 4.78 is 30.9. The minimum atomic E-state index is -1.00. The lowest BCUT2D eigenvalue weighted by Gasteiger charge is -2.33.